The molecule has 1 nitrogen and oxygen atoms in total. The van der Waals surface area contributed by atoms with Crippen molar-refractivity contribution in [3.8, 4) is 33.4 Å². The number of hydrogen-bond acceptors (Lipinski definition) is 1. The Morgan fingerprint density at radius 2 is 0.983 bits per heavy atom. The molecule has 0 bridgehead atoms. The van der Waals surface area contributed by atoms with E-state index in [4.69, 9.17) is 0 Å². The minimum absolute atomic E-state index is 0.0131. The van der Waals surface area contributed by atoms with Crippen LogP contribution >= 0.6 is 0 Å². The van der Waals surface area contributed by atoms with Crippen molar-refractivity contribution in [2.45, 2.75) is 52.9 Å². The average Bonchev–Trinajstić information content (AvgIpc) is 3.56. The van der Waals surface area contributed by atoms with Crippen LogP contribution in [-0.4, -0.2) is 0 Å². The standard InChI is InChI=1S/C58H53N/c1-41(2)37-53-54(57(5,6)36-35-56(53,3)4)40-59(47-33-31-43(32-34-47)42-21-11-7-12-22-42)55-39-52-50(38-49(55)44-23-13-8-14-24-44)48-29-19-20-30-51(48)58(52,45-25-15-9-16-26-45)46-27-17-10-18-28-46/h7-34,37-40H,1,35-36H2,2-6H3/b53-37?,54-40+. The summed E-state index contributed by atoms with van der Waals surface area (Å²) in [5.41, 5.74) is 17.9. The normalized spacial score (nSPS) is 17.3. The first-order valence-corrected chi connectivity index (χ1v) is 21.1. The molecule has 9 rings (SSSR count). The van der Waals surface area contributed by atoms with Crippen molar-refractivity contribution in [2.75, 3.05) is 4.90 Å². The average molecular weight is 764 g/mol. The van der Waals surface area contributed by atoms with Crippen LogP contribution in [0.3, 0.4) is 0 Å². The molecule has 0 atom stereocenters. The highest BCUT2D eigenvalue weighted by atomic mass is 15.1. The molecule has 2 aliphatic rings. The van der Waals surface area contributed by atoms with Crippen LogP contribution in [0, 0.1) is 10.8 Å². The molecule has 0 aromatic heterocycles. The van der Waals surface area contributed by atoms with Gasteiger partial charge in [0.25, 0.3) is 0 Å². The van der Waals surface area contributed by atoms with E-state index in [0.29, 0.717) is 0 Å². The number of hydrogen-bond donors (Lipinski definition) is 0. The zero-order chi connectivity index (χ0) is 40.8. The van der Waals surface area contributed by atoms with E-state index in [1.54, 1.807) is 0 Å². The number of fused-ring (bicyclic) bond motifs is 3. The predicted molar refractivity (Wildman–Crippen MR) is 251 cm³/mol. The molecule has 0 unspecified atom stereocenters. The minimum Gasteiger partial charge on any atom is -0.316 e. The summed E-state index contributed by atoms with van der Waals surface area (Å²) in [7, 11) is 0. The van der Waals surface area contributed by atoms with Crippen molar-refractivity contribution < 1.29 is 0 Å². The summed E-state index contributed by atoms with van der Waals surface area (Å²) in [6.45, 7) is 16.2. The van der Waals surface area contributed by atoms with Crippen LogP contribution in [0.1, 0.15) is 69.7 Å². The Kier molecular flexibility index (Phi) is 9.72. The molecule has 59 heavy (non-hydrogen) atoms. The molecule has 7 aromatic rings. The van der Waals surface area contributed by atoms with Crippen LogP contribution in [0.15, 0.2) is 218 Å². The van der Waals surface area contributed by atoms with E-state index in [1.807, 2.05) is 0 Å². The first kappa shape index (κ1) is 38.1. The lowest BCUT2D eigenvalue weighted by atomic mass is 9.60. The summed E-state index contributed by atoms with van der Waals surface area (Å²) in [5, 5.41) is 0. The van der Waals surface area contributed by atoms with Crippen LogP contribution in [-0.2, 0) is 5.41 Å². The first-order chi connectivity index (χ1) is 28.6. The maximum absolute atomic E-state index is 4.40. The highest BCUT2D eigenvalue weighted by Crippen LogP contribution is 2.59. The summed E-state index contributed by atoms with van der Waals surface area (Å²) in [4.78, 5) is 2.51. The fourth-order valence-electron chi connectivity index (χ4n) is 9.77. The Morgan fingerprint density at radius 3 is 1.56 bits per heavy atom. The van der Waals surface area contributed by atoms with E-state index in [1.165, 1.54) is 66.8 Å². The largest absolute Gasteiger partial charge is 0.316 e. The van der Waals surface area contributed by atoms with Gasteiger partial charge in [0.2, 0.25) is 0 Å². The van der Waals surface area contributed by atoms with Gasteiger partial charge in [-0.25, -0.2) is 0 Å². The smallest absolute Gasteiger partial charge is 0.0714 e. The molecule has 0 spiro atoms. The molecule has 0 heterocycles. The number of rotatable bonds is 8. The van der Waals surface area contributed by atoms with Crippen molar-refractivity contribution >= 4 is 11.4 Å². The highest BCUT2D eigenvalue weighted by molar-refractivity contribution is 5.95. The molecule has 0 aliphatic heterocycles. The van der Waals surface area contributed by atoms with Gasteiger partial charge in [-0.2, -0.15) is 0 Å². The van der Waals surface area contributed by atoms with E-state index < -0.39 is 5.41 Å². The van der Waals surface area contributed by atoms with Crippen molar-refractivity contribution in [2.24, 2.45) is 10.8 Å². The van der Waals surface area contributed by atoms with Crippen LogP contribution in [0.5, 0.6) is 0 Å². The Balaban J connectivity index is 1.40. The third-order valence-electron chi connectivity index (χ3n) is 12.9. The summed E-state index contributed by atoms with van der Waals surface area (Å²) < 4.78 is 0. The zero-order valence-corrected chi connectivity index (χ0v) is 35.0. The van der Waals surface area contributed by atoms with Crippen molar-refractivity contribution in [3.05, 3.63) is 240 Å². The van der Waals surface area contributed by atoms with Gasteiger partial charge < -0.3 is 4.90 Å². The third-order valence-corrected chi connectivity index (χ3v) is 12.9. The lowest BCUT2D eigenvalue weighted by Crippen LogP contribution is -2.33. The van der Waals surface area contributed by atoms with Gasteiger partial charge in [-0.05, 0) is 116 Å². The molecule has 290 valence electrons. The van der Waals surface area contributed by atoms with E-state index in [9.17, 15) is 0 Å². The Bertz CT molecular complexity index is 2660. The zero-order valence-electron chi connectivity index (χ0n) is 35.0. The van der Waals surface area contributed by atoms with E-state index in [-0.39, 0.29) is 10.8 Å². The fraction of sp³-hybridized carbons (Fsp3) is 0.172. The highest BCUT2D eigenvalue weighted by Gasteiger charge is 2.47. The van der Waals surface area contributed by atoms with Crippen LogP contribution in [0.2, 0.25) is 0 Å². The number of benzene rings is 7. The predicted octanol–water partition coefficient (Wildman–Crippen LogP) is 15.8. The molecule has 0 amide bonds. The molecule has 0 N–H and O–H groups in total. The van der Waals surface area contributed by atoms with Gasteiger partial charge in [0.15, 0.2) is 0 Å². The van der Waals surface area contributed by atoms with E-state index >= 15 is 0 Å². The van der Waals surface area contributed by atoms with Gasteiger partial charge in [-0.1, -0.05) is 204 Å². The summed E-state index contributed by atoms with van der Waals surface area (Å²) >= 11 is 0. The monoisotopic (exact) mass is 763 g/mol. The Hall–Kier alpha value is -6.44. The van der Waals surface area contributed by atoms with Gasteiger partial charge in [-0.3, -0.25) is 0 Å². The summed E-state index contributed by atoms with van der Waals surface area (Å²) in [6.07, 6.45) is 7.04. The lowest BCUT2D eigenvalue weighted by Gasteiger charge is -2.45. The van der Waals surface area contributed by atoms with E-state index in [2.05, 4.69) is 240 Å². The van der Waals surface area contributed by atoms with Crippen LogP contribution < -0.4 is 4.90 Å². The van der Waals surface area contributed by atoms with Crippen molar-refractivity contribution in [1.29, 1.82) is 0 Å². The van der Waals surface area contributed by atoms with Gasteiger partial charge in [-0.15, -0.1) is 0 Å². The molecule has 0 radical (unpaired) electrons. The Morgan fingerprint density at radius 1 is 0.492 bits per heavy atom. The SMILES string of the molecule is C=C(C)C=C1/C(=C\N(c2ccc(-c3ccccc3)cc2)c2cc3c(cc2-c2ccccc2)-c2ccccc2C3(c2ccccc2)c2ccccc2)C(C)(C)CCC1(C)C. The topological polar surface area (TPSA) is 3.24 Å². The molecule has 7 aromatic carbocycles. The second-order valence-electron chi connectivity index (χ2n) is 17.8. The van der Waals surface area contributed by atoms with Crippen LogP contribution in [0.25, 0.3) is 33.4 Å². The second-order valence-corrected chi connectivity index (χ2v) is 17.8. The summed E-state index contributed by atoms with van der Waals surface area (Å²) in [6, 6.07) is 67.2. The van der Waals surface area contributed by atoms with Gasteiger partial charge in [0.05, 0.1) is 11.1 Å². The molecular formula is C58H53N. The van der Waals surface area contributed by atoms with Gasteiger partial charge >= 0.3 is 0 Å². The second kappa shape index (κ2) is 15.1. The lowest BCUT2D eigenvalue weighted by molar-refractivity contribution is 0.259. The molecule has 2 aliphatic carbocycles. The molecule has 1 saturated carbocycles. The molecule has 0 saturated heterocycles. The molecule has 1 heteroatoms. The number of nitrogens with zero attached hydrogens (tertiary/aromatic N) is 1. The van der Waals surface area contributed by atoms with Gasteiger partial charge in [0.1, 0.15) is 0 Å². The number of anilines is 2. The number of allylic oxidation sites excluding steroid dienone is 4. The maximum atomic E-state index is 4.40. The maximum Gasteiger partial charge on any atom is 0.0714 e. The Labute approximate surface area is 351 Å². The minimum atomic E-state index is -0.536. The van der Waals surface area contributed by atoms with Gasteiger partial charge in [0, 0.05) is 17.5 Å². The van der Waals surface area contributed by atoms with Crippen molar-refractivity contribution in [1.82, 2.24) is 0 Å². The molecule has 1 fully saturated rings. The summed E-state index contributed by atoms with van der Waals surface area (Å²) in [5.74, 6) is 0. The van der Waals surface area contributed by atoms with Crippen molar-refractivity contribution in [3.63, 3.8) is 0 Å². The van der Waals surface area contributed by atoms with E-state index in [0.717, 1.165) is 29.8 Å². The molecular weight excluding hydrogens is 711 g/mol. The fourth-order valence-corrected chi connectivity index (χ4v) is 9.77. The third kappa shape index (κ3) is 6.69. The first-order valence-electron chi connectivity index (χ1n) is 21.1. The quantitative estimate of drug-likeness (QED) is 0.149. The van der Waals surface area contributed by atoms with Crippen LogP contribution in [0.4, 0.5) is 11.4 Å².